The molecule has 3 rings (SSSR count). The van der Waals surface area contributed by atoms with Crippen LogP contribution in [0.4, 0.5) is 4.79 Å². The lowest BCUT2D eigenvalue weighted by Crippen LogP contribution is -2.59. The second-order valence-corrected chi connectivity index (χ2v) is 7.99. The maximum Gasteiger partial charge on any atom is 0.410 e. The molecule has 8 nitrogen and oxygen atoms in total. The summed E-state index contributed by atoms with van der Waals surface area (Å²) in [7, 11) is 0. The van der Waals surface area contributed by atoms with E-state index >= 15 is 0 Å². The average molecular weight is 386 g/mol. The van der Waals surface area contributed by atoms with Crippen LogP contribution in [0, 0.1) is 5.41 Å². The van der Waals surface area contributed by atoms with Crippen LogP contribution in [0.5, 0.6) is 0 Å². The predicted molar refractivity (Wildman–Crippen MR) is 98.1 cm³/mol. The van der Waals surface area contributed by atoms with Crippen molar-refractivity contribution in [3.8, 4) is 0 Å². The number of fused-ring (bicyclic) bond motifs is 1. The number of ether oxygens (including phenoxy) is 1. The summed E-state index contributed by atoms with van der Waals surface area (Å²) in [6.07, 6.45) is 0.986. The van der Waals surface area contributed by atoms with Crippen molar-refractivity contribution in [1.82, 2.24) is 9.96 Å². The summed E-state index contributed by atoms with van der Waals surface area (Å²) in [5.74, 6) is -2.10. The van der Waals surface area contributed by atoms with Gasteiger partial charge in [0.05, 0.1) is 17.5 Å². The van der Waals surface area contributed by atoms with Gasteiger partial charge in [0.1, 0.15) is 5.60 Å². The number of hydrogen-bond donors (Lipinski definition) is 0. The molecule has 0 bridgehead atoms. The highest BCUT2D eigenvalue weighted by Gasteiger charge is 2.47. The normalized spacial score (nSPS) is 17.7. The number of carbonyl (C=O) groups is 4. The minimum absolute atomic E-state index is 0.122. The van der Waals surface area contributed by atoms with Crippen molar-refractivity contribution < 1.29 is 28.8 Å². The summed E-state index contributed by atoms with van der Waals surface area (Å²) in [4.78, 5) is 55.5. The van der Waals surface area contributed by atoms with Crippen LogP contribution in [0.25, 0.3) is 0 Å². The topological polar surface area (TPSA) is 93.2 Å². The van der Waals surface area contributed by atoms with Gasteiger partial charge in [-0.1, -0.05) is 23.3 Å². The van der Waals surface area contributed by atoms with E-state index in [0.29, 0.717) is 5.06 Å². The first-order valence-electron chi connectivity index (χ1n) is 8.85. The lowest BCUT2D eigenvalue weighted by atomic mass is 9.77. The van der Waals surface area contributed by atoms with Gasteiger partial charge in [-0.3, -0.25) is 9.59 Å². The van der Waals surface area contributed by atoms with Crippen molar-refractivity contribution >= 4 is 23.9 Å². The lowest BCUT2D eigenvalue weighted by Gasteiger charge is -2.47. The van der Waals surface area contributed by atoms with E-state index < -0.39 is 34.9 Å². The highest BCUT2D eigenvalue weighted by Crippen LogP contribution is 2.37. The number of benzene rings is 1. The third-order valence-corrected chi connectivity index (χ3v) is 4.54. The number of hydroxylamine groups is 2. The van der Waals surface area contributed by atoms with Gasteiger partial charge in [0.15, 0.2) is 0 Å². The molecule has 0 atom stereocenters. The van der Waals surface area contributed by atoms with Crippen LogP contribution in [-0.2, 0) is 14.4 Å². The maximum absolute atomic E-state index is 12.4. The standard InChI is InChI=1S/C20H22N2O6/c1-5-20(11-21(12-20)18(26)27-19(2,3)4)10-15(23)28-22-16(24)13-8-6-7-9-14(13)17(22)25/h5-9H,1,10-12H2,2-4H3. The minimum Gasteiger partial charge on any atom is -0.444 e. The Labute approximate surface area is 162 Å². The minimum atomic E-state index is -0.752. The molecular weight excluding hydrogens is 364 g/mol. The molecule has 2 heterocycles. The smallest absolute Gasteiger partial charge is 0.410 e. The Hall–Kier alpha value is -3.16. The Kier molecular flexibility index (Phi) is 4.74. The summed E-state index contributed by atoms with van der Waals surface area (Å²) in [6.45, 7) is 9.52. The summed E-state index contributed by atoms with van der Waals surface area (Å²) >= 11 is 0. The fourth-order valence-corrected chi connectivity index (χ4v) is 3.15. The molecule has 0 spiro atoms. The van der Waals surface area contributed by atoms with Crippen LogP contribution in [0.15, 0.2) is 36.9 Å². The second-order valence-electron chi connectivity index (χ2n) is 7.99. The third kappa shape index (κ3) is 3.62. The molecule has 0 saturated carbocycles. The Morgan fingerprint density at radius 1 is 1.14 bits per heavy atom. The third-order valence-electron chi connectivity index (χ3n) is 4.54. The van der Waals surface area contributed by atoms with Crippen molar-refractivity contribution in [3.63, 3.8) is 0 Å². The average Bonchev–Trinajstić information content (AvgIpc) is 2.81. The Bertz CT molecular complexity index is 829. The Morgan fingerprint density at radius 2 is 1.68 bits per heavy atom. The van der Waals surface area contributed by atoms with E-state index in [4.69, 9.17) is 9.57 Å². The molecular formula is C20H22N2O6. The van der Waals surface area contributed by atoms with Crippen molar-refractivity contribution in [3.05, 3.63) is 48.0 Å². The zero-order valence-electron chi connectivity index (χ0n) is 16.1. The number of nitrogens with zero attached hydrogens (tertiary/aromatic N) is 2. The van der Waals surface area contributed by atoms with Crippen LogP contribution in [0.2, 0.25) is 0 Å². The molecule has 1 fully saturated rings. The first-order valence-corrected chi connectivity index (χ1v) is 8.85. The maximum atomic E-state index is 12.4. The van der Waals surface area contributed by atoms with Gasteiger partial charge in [-0.2, -0.15) is 0 Å². The van der Waals surface area contributed by atoms with Gasteiger partial charge in [0, 0.05) is 18.5 Å². The molecule has 8 heteroatoms. The van der Waals surface area contributed by atoms with Crippen molar-refractivity contribution in [1.29, 1.82) is 0 Å². The van der Waals surface area contributed by atoms with Crippen LogP contribution in [0.1, 0.15) is 47.9 Å². The van der Waals surface area contributed by atoms with E-state index in [1.54, 1.807) is 39.0 Å². The summed E-state index contributed by atoms with van der Waals surface area (Å²) in [6, 6.07) is 6.25. The molecule has 1 aromatic rings. The van der Waals surface area contributed by atoms with Gasteiger partial charge in [-0.05, 0) is 32.9 Å². The highest BCUT2D eigenvalue weighted by molar-refractivity contribution is 6.20. The Morgan fingerprint density at radius 3 is 2.14 bits per heavy atom. The molecule has 0 unspecified atom stereocenters. The van der Waals surface area contributed by atoms with E-state index in [0.717, 1.165) is 0 Å². The first-order chi connectivity index (χ1) is 13.1. The van der Waals surface area contributed by atoms with Gasteiger partial charge in [-0.15, -0.1) is 6.58 Å². The molecule has 0 radical (unpaired) electrons. The largest absolute Gasteiger partial charge is 0.444 e. The molecule has 28 heavy (non-hydrogen) atoms. The number of amides is 3. The second kappa shape index (κ2) is 6.78. The number of imide groups is 1. The predicted octanol–water partition coefficient (Wildman–Crippen LogP) is 2.55. The molecule has 1 aromatic carbocycles. The van der Waals surface area contributed by atoms with Crippen LogP contribution in [-0.4, -0.2) is 52.5 Å². The van der Waals surface area contributed by atoms with E-state index in [1.807, 2.05) is 0 Å². The zero-order valence-corrected chi connectivity index (χ0v) is 16.1. The fourth-order valence-electron chi connectivity index (χ4n) is 3.15. The van der Waals surface area contributed by atoms with E-state index in [1.165, 1.54) is 17.0 Å². The monoisotopic (exact) mass is 386 g/mol. The first kappa shape index (κ1) is 19.6. The zero-order chi connectivity index (χ0) is 20.7. The fraction of sp³-hybridized carbons (Fsp3) is 0.400. The van der Waals surface area contributed by atoms with Crippen molar-refractivity contribution in [2.75, 3.05) is 13.1 Å². The van der Waals surface area contributed by atoms with Gasteiger partial charge in [-0.25, -0.2) is 9.59 Å². The van der Waals surface area contributed by atoms with Crippen molar-refractivity contribution in [2.24, 2.45) is 5.41 Å². The van der Waals surface area contributed by atoms with E-state index in [9.17, 15) is 19.2 Å². The lowest BCUT2D eigenvalue weighted by molar-refractivity contribution is -0.172. The number of likely N-dealkylation sites (tertiary alicyclic amines) is 1. The summed E-state index contributed by atoms with van der Waals surface area (Å²) in [5, 5.41) is 0.480. The molecule has 1 saturated heterocycles. The van der Waals surface area contributed by atoms with Crippen LogP contribution >= 0.6 is 0 Å². The molecule has 0 N–H and O–H groups in total. The van der Waals surface area contributed by atoms with Gasteiger partial charge < -0.3 is 14.5 Å². The molecule has 0 aromatic heterocycles. The van der Waals surface area contributed by atoms with Crippen LogP contribution in [0.3, 0.4) is 0 Å². The molecule has 2 aliphatic heterocycles. The van der Waals surface area contributed by atoms with Crippen LogP contribution < -0.4 is 0 Å². The summed E-state index contributed by atoms with van der Waals surface area (Å²) in [5.41, 5.74) is -0.919. The van der Waals surface area contributed by atoms with E-state index in [2.05, 4.69) is 6.58 Å². The quantitative estimate of drug-likeness (QED) is 0.583. The number of hydrogen-bond acceptors (Lipinski definition) is 6. The molecule has 2 aliphatic rings. The molecule has 3 amide bonds. The molecule has 148 valence electrons. The van der Waals surface area contributed by atoms with E-state index in [-0.39, 0.29) is 30.6 Å². The highest BCUT2D eigenvalue weighted by atomic mass is 16.7. The van der Waals surface area contributed by atoms with Crippen molar-refractivity contribution in [2.45, 2.75) is 32.8 Å². The number of rotatable bonds is 4. The summed E-state index contributed by atoms with van der Waals surface area (Å²) < 4.78 is 5.29. The number of carbonyl (C=O) groups excluding carboxylic acids is 4. The van der Waals surface area contributed by atoms with Gasteiger partial charge in [0.25, 0.3) is 11.8 Å². The van der Waals surface area contributed by atoms with Gasteiger partial charge >= 0.3 is 12.1 Å². The SMILES string of the molecule is C=CC1(CC(=O)ON2C(=O)c3ccccc3C2=O)CN(C(=O)OC(C)(C)C)C1. The molecule has 0 aliphatic carbocycles. The van der Waals surface area contributed by atoms with Gasteiger partial charge in [0.2, 0.25) is 0 Å². The Balaban J connectivity index is 1.59.